The summed E-state index contributed by atoms with van der Waals surface area (Å²) in [6.45, 7) is 10.3. The summed E-state index contributed by atoms with van der Waals surface area (Å²) in [5.74, 6) is -5.38. The number of aromatic nitrogens is 2. The maximum atomic E-state index is 15.5. The highest BCUT2D eigenvalue weighted by Gasteiger charge is 2.52. The zero-order chi connectivity index (χ0) is 53.6. The number of thiocarbonyl (C=S) groups is 1. The third-order valence-electron chi connectivity index (χ3n) is 12.0. The van der Waals surface area contributed by atoms with E-state index in [1.165, 1.54) is 42.0 Å². The Morgan fingerprint density at radius 2 is 1.73 bits per heavy atom. The van der Waals surface area contributed by atoms with Crippen LogP contribution in [-0.2, 0) is 41.4 Å². The van der Waals surface area contributed by atoms with Crippen molar-refractivity contribution in [1.82, 2.24) is 25.5 Å². The molecule has 2 aliphatic heterocycles. The molecule has 2 aromatic carbocycles. The molecule has 4 heterocycles. The highest BCUT2D eigenvalue weighted by Crippen LogP contribution is 2.42. The van der Waals surface area contributed by atoms with Crippen LogP contribution >= 0.6 is 23.6 Å². The Morgan fingerprint density at radius 3 is 2.36 bits per heavy atom. The normalized spacial score (nSPS) is 17.2. The number of aryl methyl sites for hydroxylation is 1. The summed E-state index contributed by atoms with van der Waals surface area (Å²) in [5, 5.41) is 24.9. The topological polar surface area (TPSA) is 243 Å². The van der Waals surface area contributed by atoms with Gasteiger partial charge in [0.1, 0.15) is 35.4 Å². The molecule has 2 aromatic heterocycles. The van der Waals surface area contributed by atoms with Crippen molar-refractivity contribution in [3.05, 3.63) is 87.9 Å². The minimum Gasteiger partial charge on any atom is -0.477 e. The third kappa shape index (κ3) is 12.8. The number of pyridine rings is 1. The van der Waals surface area contributed by atoms with Crippen molar-refractivity contribution in [1.29, 1.82) is 5.26 Å². The van der Waals surface area contributed by atoms with E-state index in [-0.39, 0.29) is 69.7 Å². The number of nitriles is 1. The molecule has 24 heteroatoms. The van der Waals surface area contributed by atoms with Gasteiger partial charge in [-0.15, -0.1) is 11.3 Å². The number of rotatable bonds is 20. The first-order chi connectivity index (χ1) is 34.4. The van der Waals surface area contributed by atoms with E-state index in [1.54, 1.807) is 37.6 Å². The summed E-state index contributed by atoms with van der Waals surface area (Å²) in [4.78, 5) is 79.2. The van der Waals surface area contributed by atoms with Crippen LogP contribution in [0.5, 0.6) is 5.88 Å². The first-order valence-electron chi connectivity index (χ1n) is 23.0. The molecule has 0 bridgehead atoms. The smallest absolute Gasteiger partial charge is 0.420 e. The van der Waals surface area contributed by atoms with Crippen molar-refractivity contribution < 1.29 is 60.9 Å². The van der Waals surface area contributed by atoms with Crippen molar-refractivity contribution in [2.75, 3.05) is 49.4 Å². The fourth-order valence-corrected chi connectivity index (χ4v) is 9.57. The molecule has 0 aliphatic carbocycles. The SMILES string of the molecule is Cc1ncsc1-c1ccc(CNC(=O)[C@@H]2C[C@@H](O)CN2C(=O)[C@@H](NC(=O)COCCOCCCCOc2ncc(N3C(=S)N(c4ccc(C#N)c(C(F)(F)F)c4F)C(=O)C3(C)C)cc2C(N)=O)C(C)(C)C)cc1. The number of hydrogen-bond acceptors (Lipinski definition) is 14. The minimum absolute atomic E-state index is 0.0303. The number of ether oxygens (including phenoxy) is 3. The summed E-state index contributed by atoms with van der Waals surface area (Å²) in [6.07, 6.45) is -4.03. The Balaban J connectivity index is 0.930. The summed E-state index contributed by atoms with van der Waals surface area (Å²) >= 11 is 7.02. The van der Waals surface area contributed by atoms with Gasteiger partial charge in [-0.1, -0.05) is 45.0 Å². The van der Waals surface area contributed by atoms with Gasteiger partial charge in [0.2, 0.25) is 23.6 Å². The van der Waals surface area contributed by atoms with E-state index in [2.05, 4.69) is 20.6 Å². The molecule has 2 fully saturated rings. The molecular weight excluding hydrogens is 999 g/mol. The number of unbranched alkanes of at least 4 members (excludes halogenated alkanes) is 1. The zero-order valence-electron chi connectivity index (χ0n) is 40.8. The summed E-state index contributed by atoms with van der Waals surface area (Å²) in [6, 6.07) is 9.87. The number of nitrogens with one attached hydrogen (secondary N) is 2. The standard InChI is InChI=1S/C49H55F4N9O9S2/c1-27-39(73-26-58-27)29-11-9-28(10-12-29)22-56-42(66)35-20-32(63)24-60(35)44(67)40(47(2,3)4)59-36(64)25-70-18-17-69-15-7-8-16-71-43-33(41(55)65)19-31(23-57-43)62-46(72)61(45(68)48(62,5)6)34-14-13-30(21-54)37(38(34)50)49(51,52)53/h9-14,19,23,26,32,35,40,63H,7-8,15-18,20,22,24-25H2,1-6H3,(H2,55,65)(H,56,66)(H,59,64)/t32-,35+,40-/m1/s1. The summed E-state index contributed by atoms with van der Waals surface area (Å²) in [5.41, 5.74) is 4.00. The molecule has 0 radical (unpaired) electrons. The molecule has 390 valence electrons. The number of amides is 5. The second kappa shape index (κ2) is 23.1. The number of hydrogen-bond donors (Lipinski definition) is 4. The first-order valence-corrected chi connectivity index (χ1v) is 24.3. The zero-order valence-corrected chi connectivity index (χ0v) is 42.4. The number of carbonyl (C=O) groups excluding carboxylic acids is 5. The van der Waals surface area contributed by atoms with Gasteiger partial charge in [-0.25, -0.2) is 14.4 Å². The maximum absolute atomic E-state index is 15.5. The highest BCUT2D eigenvalue weighted by atomic mass is 32.1. The van der Waals surface area contributed by atoms with Gasteiger partial charge < -0.3 is 45.5 Å². The lowest BCUT2D eigenvalue weighted by Gasteiger charge is -2.35. The van der Waals surface area contributed by atoms with Gasteiger partial charge in [-0.2, -0.15) is 18.4 Å². The van der Waals surface area contributed by atoms with Gasteiger partial charge in [0, 0.05) is 26.1 Å². The Kier molecular flexibility index (Phi) is 17.6. The third-order valence-corrected chi connectivity index (χ3v) is 13.4. The number of likely N-dealkylation sites (tertiary alicyclic amines) is 1. The average molecular weight is 1050 g/mol. The number of halogens is 4. The van der Waals surface area contributed by atoms with Gasteiger partial charge in [0.25, 0.3) is 11.8 Å². The molecule has 3 atom stereocenters. The van der Waals surface area contributed by atoms with E-state index in [1.807, 2.05) is 31.2 Å². The van der Waals surface area contributed by atoms with Crippen molar-refractivity contribution in [3.63, 3.8) is 0 Å². The minimum atomic E-state index is -5.26. The molecule has 5 amide bonds. The maximum Gasteiger partial charge on any atom is 0.420 e. The van der Waals surface area contributed by atoms with Gasteiger partial charge in [-0.05, 0) is 80.6 Å². The van der Waals surface area contributed by atoms with Crippen LogP contribution in [0.2, 0.25) is 0 Å². The Morgan fingerprint density at radius 1 is 1.04 bits per heavy atom. The van der Waals surface area contributed by atoms with Crippen LogP contribution < -0.4 is 30.9 Å². The van der Waals surface area contributed by atoms with Crippen LogP contribution in [0.1, 0.15) is 86.6 Å². The largest absolute Gasteiger partial charge is 0.477 e. The molecule has 73 heavy (non-hydrogen) atoms. The lowest BCUT2D eigenvalue weighted by atomic mass is 9.85. The molecule has 0 unspecified atom stereocenters. The van der Waals surface area contributed by atoms with Crippen LogP contribution in [0.3, 0.4) is 0 Å². The molecule has 6 rings (SSSR count). The molecule has 4 aromatic rings. The van der Waals surface area contributed by atoms with Crippen LogP contribution in [0, 0.1) is 29.5 Å². The number of nitrogens with two attached hydrogens (primary N) is 1. The number of carbonyl (C=O) groups is 5. The molecule has 0 spiro atoms. The Hall–Kier alpha value is -6.65. The summed E-state index contributed by atoms with van der Waals surface area (Å²) in [7, 11) is 0. The van der Waals surface area contributed by atoms with Gasteiger partial charge in [0.15, 0.2) is 10.9 Å². The van der Waals surface area contributed by atoms with Crippen LogP contribution in [0.25, 0.3) is 10.4 Å². The number of benzene rings is 2. The number of aliphatic hydroxyl groups is 1. The fraction of sp³-hybridized carbons (Fsp3) is 0.449. The number of aliphatic hydroxyl groups excluding tert-OH is 1. The molecular formula is C49H55F4N9O9S2. The number of nitrogens with zero attached hydrogens (tertiary/aromatic N) is 6. The number of β-amino-alcohol motifs (C(OH)–C–C–N with tert-alkyl or cyclic N) is 1. The number of anilines is 2. The molecule has 5 N–H and O–H groups in total. The Labute approximate surface area is 427 Å². The van der Waals surface area contributed by atoms with E-state index in [9.17, 15) is 47.5 Å². The van der Waals surface area contributed by atoms with E-state index >= 15 is 4.39 Å². The second-order valence-corrected chi connectivity index (χ2v) is 20.0. The van der Waals surface area contributed by atoms with Gasteiger partial charge in [-0.3, -0.25) is 28.9 Å². The fourth-order valence-electron chi connectivity index (χ4n) is 8.25. The van der Waals surface area contributed by atoms with E-state index in [4.69, 9.17) is 32.2 Å². The number of alkyl halides is 3. The highest BCUT2D eigenvalue weighted by molar-refractivity contribution is 7.81. The van der Waals surface area contributed by atoms with Crippen molar-refractivity contribution in [2.24, 2.45) is 11.1 Å². The predicted octanol–water partition coefficient (Wildman–Crippen LogP) is 5.56. The predicted molar refractivity (Wildman–Crippen MR) is 264 cm³/mol. The lowest BCUT2D eigenvalue weighted by molar-refractivity contribution is -0.144. The van der Waals surface area contributed by atoms with Crippen molar-refractivity contribution >= 4 is 69.6 Å². The van der Waals surface area contributed by atoms with E-state index in [0.717, 1.165) is 33.8 Å². The number of thiazole rings is 1. The van der Waals surface area contributed by atoms with Crippen molar-refractivity contribution in [2.45, 2.75) is 97.3 Å². The van der Waals surface area contributed by atoms with Crippen LogP contribution in [0.15, 0.2) is 54.2 Å². The quantitative estimate of drug-likeness (QED) is 0.0482. The second-order valence-electron chi connectivity index (χ2n) is 18.8. The molecule has 2 saturated heterocycles. The molecule has 2 aliphatic rings. The average Bonchev–Trinajstić information content (AvgIpc) is 3.99. The summed E-state index contributed by atoms with van der Waals surface area (Å²) < 4.78 is 73.7. The van der Waals surface area contributed by atoms with Crippen LogP contribution in [-0.4, -0.2) is 118 Å². The Bertz CT molecular complexity index is 2780. The lowest BCUT2D eigenvalue weighted by Crippen LogP contribution is -2.58. The monoisotopic (exact) mass is 1050 g/mol. The van der Waals surface area contributed by atoms with Crippen molar-refractivity contribution in [3.8, 4) is 22.4 Å². The first kappa shape index (κ1) is 55.7. The van der Waals surface area contributed by atoms with Crippen LogP contribution in [0.4, 0.5) is 28.9 Å². The van der Waals surface area contributed by atoms with Gasteiger partial charge >= 0.3 is 6.18 Å². The number of primary amides is 1. The molecule has 18 nitrogen and oxygen atoms in total. The van der Waals surface area contributed by atoms with E-state index in [0.29, 0.717) is 17.7 Å². The van der Waals surface area contributed by atoms with Gasteiger partial charge in [0.05, 0.1) is 71.2 Å². The molecule has 0 saturated carbocycles. The van der Waals surface area contributed by atoms with E-state index < -0.39 is 92.6 Å².